The molecule has 5 heteroatoms. The molecule has 1 saturated carbocycles. The lowest BCUT2D eigenvalue weighted by Crippen LogP contribution is -2.56. The van der Waals surface area contributed by atoms with Gasteiger partial charge in [0, 0.05) is 11.6 Å². The van der Waals surface area contributed by atoms with E-state index in [9.17, 15) is 9.59 Å². The summed E-state index contributed by atoms with van der Waals surface area (Å²) in [5.41, 5.74) is 0.443. The Bertz CT molecular complexity index is 943. The fourth-order valence-electron chi connectivity index (χ4n) is 4.79. The van der Waals surface area contributed by atoms with Gasteiger partial charge in [-0.3, -0.25) is 10.1 Å². The molecule has 5 nitrogen and oxygen atoms in total. The Balaban J connectivity index is 1.84. The van der Waals surface area contributed by atoms with Gasteiger partial charge in [0.25, 0.3) is 5.91 Å². The van der Waals surface area contributed by atoms with Crippen LogP contribution in [0.25, 0.3) is 0 Å². The third-order valence-electron chi connectivity index (χ3n) is 6.13. The number of carbonyl (C=O) groups is 2. The van der Waals surface area contributed by atoms with Crippen LogP contribution in [-0.2, 0) is 15.1 Å². The van der Waals surface area contributed by atoms with Crippen molar-refractivity contribution in [3.63, 3.8) is 0 Å². The molecule has 4 rings (SSSR count). The van der Waals surface area contributed by atoms with Crippen molar-refractivity contribution in [3.8, 4) is 0 Å². The summed E-state index contributed by atoms with van der Waals surface area (Å²) in [6, 6.07) is 17.5. The van der Waals surface area contributed by atoms with Crippen LogP contribution in [-0.4, -0.2) is 23.6 Å². The van der Waals surface area contributed by atoms with Crippen molar-refractivity contribution in [2.75, 3.05) is 4.90 Å². The molecule has 31 heavy (non-hydrogen) atoms. The summed E-state index contributed by atoms with van der Waals surface area (Å²) in [7, 11) is 0. The standard InChI is InChI=1S/C26H32N2O3/c1-25(2,3)31-24(30)28-22-18-12-11-17-21(22)26(23(28)29,19-13-7-6-8-14-19)27-20-15-9-4-5-10-16-20/h6-8,11-14,17-18,20,27H,4-5,9-10,15-16H2,1-3H3/t26-/m1/s1. The fourth-order valence-corrected chi connectivity index (χ4v) is 4.79. The molecule has 1 atom stereocenters. The van der Waals surface area contributed by atoms with E-state index >= 15 is 0 Å². The van der Waals surface area contributed by atoms with Crippen molar-refractivity contribution in [3.05, 3.63) is 65.7 Å². The van der Waals surface area contributed by atoms with Gasteiger partial charge in [-0.25, -0.2) is 9.69 Å². The predicted molar refractivity (Wildman–Crippen MR) is 122 cm³/mol. The van der Waals surface area contributed by atoms with Crippen LogP contribution in [0.1, 0.15) is 70.4 Å². The summed E-state index contributed by atoms with van der Waals surface area (Å²) >= 11 is 0. The number of hydrogen-bond acceptors (Lipinski definition) is 4. The van der Waals surface area contributed by atoms with Crippen LogP contribution in [0, 0.1) is 0 Å². The monoisotopic (exact) mass is 420 g/mol. The van der Waals surface area contributed by atoms with E-state index in [0.29, 0.717) is 5.69 Å². The van der Waals surface area contributed by atoms with E-state index in [1.54, 1.807) is 0 Å². The van der Waals surface area contributed by atoms with Crippen LogP contribution >= 0.6 is 0 Å². The lowest BCUT2D eigenvalue weighted by molar-refractivity contribution is -0.123. The molecule has 2 aliphatic rings. The summed E-state index contributed by atoms with van der Waals surface area (Å²) in [6.45, 7) is 5.43. The van der Waals surface area contributed by atoms with E-state index in [0.717, 1.165) is 36.8 Å². The number of anilines is 1. The highest BCUT2D eigenvalue weighted by atomic mass is 16.6. The first kappa shape index (κ1) is 21.6. The molecule has 0 spiro atoms. The molecule has 2 amide bonds. The second kappa shape index (κ2) is 8.46. The minimum atomic E-state index is -1.11. The Hall–Kier alpha value is -2.66. The number of nitrogens with one attached hydrogen (secondary N) is 1. The van der Waals surface area contributed by atoms with Crippen molar-refractivity contribution >= 4 is 17.7 Å². The van der Waals surface area contributed by atoms with Crippen LogP contribution < -0.4 is 10.2 Å². The lowest BCUT2D eigenvalue weighted by Gasteiger charge is -2.34. The molecule has 2 aromatic carbocycles. The van der Waals surface area contributed by atoms with Crippen LogP contribution in [0.2, 0.25) is 0 Å². The molecule has 0 aromatic heterocycles. The van der Waals surface area contributed by atoms with Gasteiger partial charge in [-0.1, -0.05) is 74.2 Å². The van der Waals surface area contributed by atoms with Crippen LogP contribution in [0.4, 0.5) is 10.5 Å². The second-order valence-electron chi connectivity index (χ2n) is 9.59. The van der Waals surface area contributed by atoms with E-state index in [1.807, 2.05) is 75.4 Å². The summed E-state index contributed by atoms with van der Waals surface area (Å²) in [5, 5.41) is 3.74. The number of hydrogen-bond donors (Lipinski definition) is 1. The maximum atomic E-state index is 14.1. The highest BCUT2D eigenvalue weighted by molar-refractivity contribution is 6.22. The minimum absolute atomic E-state index is 0.207. The molecule has 0 bridgehead atoms. The van der Waals surface area contributed by atoms with Gasteiger partial charge in [-0.05, 0) is 45.2 Å². The first-order valence-electron chi connectivity index (χ1n) is 11.3. The maximum absolute atomic E-state index is 14.1. The van der Waals surface area contributed by atoms with Gasteiger partial charge < -0.3 is 4.74 Å². The number of imide groups is 1. The van der Waals surface area contributed by atoms with Gasteiger partial charge >= 0.3 is 6.09 Å². The van der Waals surface area contributed by atoms with Crippen molar-refractivity contribution in [2.45, 2.75) is 76.5 Å². The van der Waals surface area contributed by atoms with Gasteiger partial charge in [-0.15, -0.1) is 0 Å². The number of ether oxygens (including phenoxy) is 1. The number of fused-ring (bicyclic) bond motifs is 1. The lowest BCUT2D eigenvalue weighted by atomic mass is 9.82. The SMILES string of the molecule is CC(C)(C)OC(=O)N1C(=O)[C@@](NC2CCCCCC2)(c2ccccc2)c2ccccc21. The smallest absolute Gasteiger partial charge is 0.421 e. The van der Waals surface area contributed by atoms with Gasteiger partial charge in [0.05, 0.1) is 5.69 Å². The van der Waals surface area contributed by atoms with Crippen LogP contribution in [0.15, 0.2) is 54.6 Å². The number of amides is 2. The molecule has 0 radical (unpaired) electrons. The Morgan fingerprint density at radius 1 is 0.968 bits per heavy atom. The van der Waals surface area contributed by atoms with Gasteiger partial charge in [0.2, 0.25) is 0 Å². The topological polar surface area (TPSA) is 58.6 Å². The zero-order valence-electron chi connectivity index (χ0n) is 18.7. The van der Waals surface area contributed by atoms with E-state index in [4.69, 9.17) is 4.74 Å². The molecule has 1 fully saturated rings. The summed E-state index contributed by atoms with van der Waals surface area (Å²) in [6.07, 6.45) is 6.16. The average Bonchev–Trinajstić information content (AvgIpc) is 2.87. The molecule has 0 unspecified atom stereocenters. The first-order chi connectivity index (χ1) is 14.8. The Kier molecular flexibility index (Phi) is 5.89. The summed E-state index contributed by atoms with van der Waals surface area (Å²) in [5.74, 6) is -0.293. The van der Waals surface area contributed by atoms with Gasteiger partial charge in [0.1, 0.15) is 5.60 Å². The van der Waals surface area contributed by atoms with E-state index in [1.165, 1.54) is 17.7 Å². The molecule has 2 aromatic rings. The summed E-state index contributed by atoms with van der Waals surface area (Å²) < 4.78 is 5.63. The molecule has 0 saturated heterocycles. The third kappa shape index (κ3) is 4.11. The van der Waals surface area contributed by atoms with Crippen molar-refractivity contribution in [1.29, 1.82) is 0 Å². The number of nitrogens with zero attached hydrogens (tertiary/aromatic N) is 1. The Labute approximate surface area is 184 Å². The highest BCUT2D eigenvalue weighted by Gasteiger charge is 2.55. The average molecular weight is 421 g/mol. The summed E-state index contributed by atoms with van der Waals surface area (Å²) in [4.78, 5) is 28.5. The second-order valence-corrected chi connectivity index (χ2v) is 9.59. The Morgan fingerprint density at radius 3 is 2.23 bits per heavy atom. The van der Waals surface area contributed by atoms with E-state index in [2.05, 4.69) is 5.32 Å². The number of rotatable bonds is 3. The number of para-hydroxylation sites is 1. The third-order valence-corrected chi connectivity index (χ3v) is 6.13. The quantitative estimate of drug-likeness (QED) is 0.664. The zero-order chi connectivity index (χ0) is 22.1. The van der Waals surface area contributed by atoms with Crippen molar-refractivity contribution in [1.82, 2.24) is 5.32 Å². The predicted octanol–water partition coefficient (Wildman–Crippen LogP) is 5.52. The van der Waals surface area contributed by atoms with Crippen LogP contribution in [0.3, 0.4) is 0 Å². The molecule has 1 N–H and O–H groups in total. The molecular weight excluding hydrogens is 388 g/mol. The number of carbonyl (C=O) groups excluding carboxylic acids is 2. The van der Waals surface area contributed by atoms with Crippen molar-refractivity contribution < 1.29 is 14.3 Å². The number of benzene rings is 2. The minimum Gasteiger partial charge on any atom is -0.443 e. The molecule has 164 valence electrons. The molecule has 1 aliphatic carbocycles. The van der Waals surface area contributed by atoms with Gasteiger partial charge in [0.15, 0.2) is 5.54 Å². The maximum Gasteiger partial charge on any atom is 0.421 e. The van der Waals surface area contributed by atoms with E-state index < -0.39 is 17.2 Å². The van der Waals surface area contributed by atoms with E-state index in [-0.39, 0.29) is 11.9 Å². The molecule has 1 aliphatic heterocycles. The zero-order valence-corrected chi connectivity index (χ0v) is 18.7. The largest absolute Gasteiger partial charge is 0.443 e. The first-order valence-corrected chi connectivity index (χ1v) is 11.3. The normalized spacial score (nSPS) is 22.2. The molecular formula is C26H32N2O3. The highest BCUT2D eigenvalue weighted by Crippen LogP contribution is 2.45. The molecule has 1 heterocycles. The van der Waals surface area contributed by atoms with Crippen molar-refractivity contribution in [2.24, 2.45) is 0 Å². The Morgan fingerprint density at radius 2 is 1.58 bits per heavy atom. The van der Waals surface area contributed by atoms with Crippen LogP contribution in [0.5, 0.6) is 0 Å². The fraction of sp³-hybridized carbons (Fsp3) is 0.462. The van der Waals surface area contributed by atoms with Gasteiger partial charge in [-0.2, -0.15) is 0 Å².